The monoisotopic (exact) mass is 487 g/mol. The smallest absolute Gasteiger partial charge is 0.306 e. The molecule has 0 amide bonds. The number of hydrogen-bond acceptors (Lipinski definition) is 5. The van der Waals surface area contributed by atoms with Gasteiger partial charge >= 0.3 is 5.97 Å². The molecule has 1 aliphatic heterocycles. The third-order valence-corrected chi connectivity index (χ3v) is 7.11. The second-order valence-corrected chi connectivity index (χ2v) is 9.32. The molecule has 0 bridgehead atoms. The molecule has 0 N–H and O–H groups in total. The van der Waals surface area contributed by atoms with Gasteiger partial charge in [0.05, 0.1) is 20.1 Å². The fourth-order valence-electron chi connectivity index (χ4n) is 5.25. The quantitative estimate of drug-likeness (QED) is 0.303. The number of ether oxygens (including phenoxy) is 4. The number of benzene rings is 3. The predicted octanol–water partition coefficient (Wildman–Crippen LogP) is 6.22. The predicted molar refractivity (Wildman–Crippen MR) is 132 cm³/mol. The van der Waals surface area contributed by atoms with E-state index < -0.39 is 6.10 Å². The molecule has 1 unspecified atom stereocenters. The number of carbonyl (C=O) groups excluding carboxylic acids is 1. The highest BCUT2D eigenvalue weighted by molar-refractivity contribution is 5.81. The third kappa shape index (κ3) is 3.94. The summed E-state index contributed by atoms with van der Waals surface area (Å²) in [6.07, 6.45) is 3.15. The molecule has 7 heteroatoms. The van der Waals surface area contributed by atoms with Crippen LogP contribution in [0.4, 0.5) is 4.39 Å². The largest absolute Gasteiger partial charge is 0.492 e. The van der Waals surface area contributed by atoms with Crippen molar-refractivity contribution in [2.45, 2.75) is 31.3 Å². The molecule has 6 rings (SSSR count). The SMILES string of the molecule is COC(=O)CC1COc2cc(O[C@@H]3CCc4c(Oc5ccc6c(ccn6C)c5)ccc(F)c43)ccc21. The molecule has 4 aromatic rings. The maximum absolute atomic E-state index is 15.0. The van der Waals surface area contributed by atoms with E-state index in [1.807, 2.05) is 55.7 Å². The number of esters is 1. The molecule has 0 saturated heterocycles. The molecular weight excluding hydrogens is 461 g/mol. The number of aryl methyl sites for hydroxylation is 1. The average Bonchev–Trinajstić information content (AvgIpc) is 3.59. The molecule has 1 aliphatic carbocycles. The van der Waals surface area contributed by atoms with Gasteiger partial charge in [-0.3, -0.25) is 4.79 Å². The zero-order valence-electron chi connectivity index (χ0n) is 20.1. The van der Waals surface area contributed by atoms with Crippen molar-refractivity contribution in [2.75, 3.05) is 13.7 Å². The number of aromatic nitrogens is 1. The molecule has 2 aliphatic rings. The Morgan fingerprint density at radius 2 is 1.97 bits per heavy atom. The van der Waals surface area contributed by atoms with Gasteiger partial charge in [-0.05, 0) is 55.3 Å². The van der Waals surface area contributed by atoms with E-state index in [1.165, 1.54) is 13.2 Å². The molecule has 3 aromatic carbocycles. The standard InChI is InChI=1S/C29H26FNO5/c1-31-12-11-17-13-19(4-8-24(17)31)35-25-10-7-23(30)29-22(25)6-9-26(29)36-20-3-5-21-18(14-28(32)33-2)16-34-27(21)15-20/h3-5,7-8,10-13,15,18,26H,6,9,14,16H2,1-2H3/t18?,26-/m1/s1. The molecule has 0 fully saturated rings. The van der Waals surface area contributed by atoms with Crippen LogP contribution in [0, 0.1) is 5.82 Å². The lowest BCUT2D eigenvalue weighted by molar-refractivity contribution is -0.141. The molecule has 0 spiro atoms. The molecule has 6 nitrogen and oxygen atoms in total. The first-order valence-corrected chi connectivity index (χ1v) is 12.0. The average molecular weight is 488 g/mol. The maximum atomic E-state index is 15.0. The van der Waals surface area contributed by atoms with E-state index in [2.05, 4.69) is 4.57 Å². The highest BCUT2D eigenvalue weighted by atomic mass is 19.1. The molecule has 2 atom stereocenters. The van der Waals surface area contributed by atoms with E-state index in [1.54, 1.807) is 6.07 Å². The zero-order valence-corrected chi connectivity index (χ0v) is 20.1. The van der Waals surface area contributed by atoms with Crippen molar-refractivity contribution in [3.05, 3.63) is 83.3 Å². The second kappa shape index (κ2) is 8.90. The van der Waals surface area contributed by atoms with Crippen LogP contribution in [0.15, 0.2) is 60.8 Å². The van der Waals surface area contributed by atoms with Gasteiger partial charge in [-0.25, -0.2) is 4.39 Å². The summed E-state index contributed by atoms with van der Waals surface area (Å²) >= 11 is 0. The summed E-state index contributed by atoms with van der Waals surface area (Å²) in [6, 6.07) is 16.7. The molecule has 2 heterocycles. The van der Waals surface area contributed by atoms with Crippen LogP contribution in [0.2, 0.25) is 0 Å². The van der Waals surface area contributed by atoms with Gasteiger partial charge < -0.3 is 23.5 Å². The van der Waals surface area contributed by atoms with Crippen LogP contribution < -0.4 is 14.2 Å². The van der Waals surface area contributed by atoms with Crippen molar-refractivity contribution >= 4 is 16.9 Å². The van der Waals surface area contributed by atoms with E-state index in [4.69, 9.17) is 18.9 Å². The third-order valence-electron chi connectivity index (χ3n) is 7.11. The van der Waals surface area contributed by atoms with Gasteiger partial charge in [-0.1, -0.05) is 6.07 Å². The van der Waals surface area contributed by atoms with Crippen LogP contribution in [-0.4, -0.2) is 24.3 Å². The van der Waals surface area contributed by atoms with Gasteiger partial charge in [0.25, 0.3) is 0 Å². The second-order valence-electron chi connectivity index (χ2n) is 9.32. The highest BCUT2D eigenvalue weighted by Crippen LogP contribution is 2.44. The number of rotatable bonds is 6. The van der Waals surface area contributed by atoms with E-state index >= 15 is 0 Å². The van der Waals surface area contributed by atoms with Crippen LogP contribution in [0.25, 0.3) is 10.9 Å². The number of methoxy groups -OCH3 is 1. The lowest BCUT2D eigenvalue weighted by Crippen LogP contribution is -2.09. The van der Waals surface area contributed by atoms with Gasteiger partial charge in [0, 0.05) is 52.8 Å². The number of fused-ring (bicyclic) bond motifs is 3. The van der Waals surface area contributed by atoms with E-state index in [-0.39, 0.29) is 24.1 Å². The number of nitrogens with zero attached hydrogens (tertiary/aromatic N) is 1. The molecular formula is C29H26FNO5. The first-order chi connectivity index (χ1) is 17.5. The Bertz CT molecular complexity index is 1480. The minimum absolute atomic E-state index is 0.0408. The molecule has 1 aromatic heterocycles. The topological polar surface area (TPSA) is 58.9 Å². The highest BCUT2D eigenvalue weighted by Gasteiger charge is 2.32. The first kappa shape index (κ1) is 22.5. The molecule has 0 radical (unpaired) electrons. The summed E-state index contributed by atoms with van der Waals surface area (Å²) in [5.41, 5.74) is 3.45. The van der Waals surface area contributed by atoms with Gasteiger partial charge in [0.15, 0.2) is 0 Å². The summed E-state index contributed by atoms with van der Waals surface area (Å²) < 4.78 is 40.1. The molecule has 184 valence electrons. The van der Waals surface area contributed by atoms with Crippen LogP contribution in [0.5, 0.6) is 23.0 Å². The fourth-order valence-corrected chi connectivity index (χ4v) is 5.25. The minimum Gasteiger partial charge on any atom is -0.492 e. The minimum atomic E-state index is -0.425. The Morgan fingerprint density at radius 3 is 2.83 bits per heavy atom. The van der Waals surface area contributed by atoms with E-state index in [0.29, 0.717) is 48.0 Å². The lowest BCUT2D eigenvalue weighted by atomic mass is 9.98. The van der Waals surface area contributed by atoms with Crippen molar-refractivity contribution in [1.82, 2.24) is 4.57 Å². The normalized spacial score (nSPS) is 18.0. The number of halogens is 1. The summed E-state index contributed by atoms with van der Waals surface area (Å²) in [6.45, 7) is 0.421. The summed E-state index contributed by atoms with van der Waals surface area (Å²) in [4.78, 5) is 11.7. The van der Waals surface area contributed by atoms with Gasteiger partial charge in [0.2, 0.25) is 0 Å². The number of carbonyl (C=O) groups is 1. The summed E-state index contributed by atoms with van der Waals surface area (Å²) in [5.74, 6) is 2.05. The van der Waals surface area contributed by atoms with E-state index in [9.17, 15) is 9.18 Å². The summed E-state index contributed by atoms with van der Waals surface area (Å²) in [7, 11) is 3.39. The van der Waals surface area contributed by atoms with E-state index in [0.717, 1.165) is 22.0 Å². The van der Waals surface area contributed by atoms with Crippen molar-refractivity contribution < 1.29 is 28.1 Å². The maximum Gasteiger partial charge on any atom is 0.306 e. The Balaban J connectivity index is 1.22. The summed E-state index contributed by atoms with van der Waals surface area (Å²) in [5, 5.41) is 1.09. The fraction of sp³-hybridized carbons (Fsp3) is 0.276. The van der Waals surface area contributed by atoms with Crippen molar-refractivity contribution in [1.29, 1.82) is 0 Å². The Morgan fingerprint density at radius 1 is 1.11 bits per heavy atom. The van der Waals surface area contributed by atoms with Crippen molar-refractivity contribution in [3.8, 4) is 23.0 Å². The van der Waals surface area contributed by atoms with Crippen LogP contribution in [-0.2, 0) is 23.0 Å². The van der Waals surface area contributed by atoms with Crippen molar-refractivity contribution in [3.63, 3.8) is 0 Å². The number of hydrogen-bond donors (Lipinski definition) is 0. The molecule has 36 heavy (non-hydrogen) atoms. The molecule has 0 saturated carbocycles. The van der Waals surface area contributed by atoms with Gasteiger partial charge in [-0.2, -0.15) is 0 Å². The first-order valence-electron chi connectivity index (χ1n) is 12.0. The van der Waals surface area contributed by atoms with Crippen LogP contribution in [0.3, 0.4) is 0 Å². The lowest BCUT2D eigenvalue weighted by Gasteiger charge is -2.17. The van der Waals surface area contributed by atoms with Gasteiger partial charge in [0.1, 0.15) is 34.9 Å². The van der Waals surface area contributed by atoms with Crippen LogP contribution >= 0.6 is 0 Å². The van der Waals surface area contributed by atoms with Gasteiger partial charge in [-0.15, -0.1) is 0 Å². The Kier molecular flexibility index (Phi) is 5.55. The van der Waals surface area contributed by atoms with Crippen molar-refractivity contribution in [2.24, 2.45) is 7.05 Å². The zero-order chi connectivity index (χ0) is 24.8. The Hall–Kier alpha value is -4.00. The Labute approximate surface area is 208 Å². The van der Waals surface area contributed by atoms with Crippen LogP contribution in [0.1, 0.15) is 41.6 Å².